The Morgan fingerprint density at radius 1 is 0.973 bits per heavy atom. The number of methoxy groups -OCH3 is 1. The van der Waals surface area contributed by atoms with Crippen LogP contribution in [-0.2, 0) is 23.1 Å². The monoisotopic (exact) mass is 528 g/mol. The number of ether oxygens (including phenoxy) is 1. The number of halogens is 1. The number of rotatable bonds is 10. The van der Waals surface area contributed by atoms with Gasteiger partial charge in [-0.15, -0.1) is 0 Å². The first-order valence-corrected chi connectivity index (χ1v) is 13.2. The molecule has 0 radical (unpaired) electrons. The third-order valence-electron chi connectivity index (χ3n) is 5.53. The number of hydrogen-bond acceptors (Lipinski definition) is 5. The molecule has 0 aromatic heterocycles. The summed E-state index contributed by atoms with van der Waals surface area (Å²) in [4.78, 5) is 16.7. The van der Waals surface area contributed by atoms with Gasteiger partial charge in [0.2, 0.25) is 0 Å². The van der Waals surface area contributed by atoms with Crippen LogP contribution in [0, 0.1) is 5.82 Å². The highest BCUT2D eigenvalue weighted by Crippen LogP contribution is 2.27. The van der Waals surface area contributed by atoms with Crippen molar-refractivity contribution in [2.75, 3.05) is 30.8 Å². The summed E-state index contributed by atoms with van der Waals surface area (Å²) in [6, 6.07) is 16.9. The Kier molecular flexibility index (Phi) is 8.99. The highest BCUT2D eigenvalue weighted by Gasteiger charge is 2.20. The van der Waals surface area contributed by atoms with Gasteiger partial charge in [-0.2, -0.15) is 0 Å². The molecule has 37 heavy (non-hydrogen) atoms. The van der Waals surface area contributed by atoms with E-state index in [1.807, 2.05) is 32.8 Å². The van der Waals surface area contributed by atoms with Gasteiger partial charge >= 0.3 is 6.03 Å². The molecule has 2 N–H and O–H groups in total. The van der Waals surface area contributed by atoms with E-state index < -0.39 is 10.0 Å². The van der Waals surface area contributed by atoms with Crippen molar-refractivity contribution in [1.82, 2.24) is 10.2 Å². The van der Waals surface area contributed by atoms with Gasteiger partial charge in [-0.05, 0) is 79.6 Å². The van der Waals surface area contributed by atoms with E-state index in [-0.39, 0.29) is 35.9 Å². The van der Waals surface area contributed by atoms with Crippen molar-refractivity contribution < 1.29 is 22.3 Å². The van der Waals surface area contributed by atoms with Crippen molar-refractivity contribution in [1.29, 1.82) is 0 Å². The molecule has 0 aliphatic rings. The third-order valence-corrected chi connectivity index (χ3v) is 6.93. The normalized spacial score (nSPS) is 11.2. The molecule has 0 aliphatic heterocycles. The fraction of sp³-hybridized carbons (Fsp3) is 0.296. The van der Waals surface area contributed by atoms with E-state index in [2.05, 4.69) is 10.0 Å². The standard InChI is InChI=1S/C27H33FN4O4S/c1-19(2)29-27(33)32(17-20-6-8-22(28)9-7-20)18-21-16-23(10-15-26(21)31(3)4)30-37(34,35)25-13-11-24(36-5)12-14-25/h6-16,19,30H,17-18H2,1-5H3,(H,29,33). The molecule has 0 bridgehead atoms. The van der Waals surface area contributed by atoms with Gasteiger partial charge in [0.25, 0.3) is 10.0 Å². The molecule has 198 valence electrons. The van der Waals surface area contributed by atoms with E-state index in [1.165, 1.54) is 31.4 Å². The molecule has 0 heterocycles. The quantitative estimate of drug-likeness (QED) is 0.394. The highest BCUT2D eigenvalue weighted by atomic mass is 32.2. The zero-order chi connectivity index (χ0) is 27.2. The number of urea groups is 1. The number of carbonyl (C=O) groups is 1. The maximum Gasteiger partial charge on any atom is 0.318 e. The molecular formula is C27H33FN4O4S. The predicted octanol–water partition coefficient (Wildman–Crippen LogP) is 4.82. The topological polar surface area (TPSA) is 91.0 Å². The molecule has 0 atom stereocenters. The molecule has 3 aromatic rings. The Bertz CT molecular complexity index is 1310. The Hall–Kier alpha value is -3.79. The van der Waals surface area contributed by atoms with Gasteiger partial charge in [0.1, 0.15) is 11.6 Å². The summed E-state index contributed by atoms with van der Waals surface area (Å²) >= 11 is 0. The fourth-order valence-electron chi connectivity index (χ4n) is 3.73. The molecule has 2 amide bonds. The number of carbonyl (C=O) groups excluding carboxylic acids is 1. The number of nitrogens with zero attached hydrogens (tertiary/aromatic N) is 2. The van der Waals surface area contributed by atoms with Crippen LogP contribution in [0.5, 0.6) is 5.75 Å². The second-order valence-corrected chi connectivity index (χ2v) is 10.8. The van der Waals surface area contributed by atoms with Crippen LogP contribution in [0.25, 0.3) is 0 Å². The molecule has 0 saturated carbocycles. The second-order valence-electron chi connectivity index (χ2n) is 9.11. The molecule has 8 nitrogen and oxygen atoms in total. The number of benzene rings is 3. The van der Waals surface area contributed by atoms with Gasteiger partial charge in [-0.3, -0.25) is 4.72 Å². The van der Waals surface area contributed by atoms with Gasteiger partial charge in [0.15, 0.2) is 0 Å². The molecule has 0 unspecified atom stereocenters. The van der Waals surface area contributed by atoms with Crippen LogP contribution in [0.15, 0.2) is 71.6 Å². The summed E-state index contributed by atoms with van der Waals surface area (Å²) in [5.74, 6) is 0.200. The predicted molar refractivity (Wildman–Crippen MR) is 144 cm³/mol. The summed E-state index contributed by atoms with van der Waals surface area (Å²) < 4.78 is 47.1. The lowest BCUT2D eigenvalue weighted by Gasteiger charge is -2.27. The summed E-state index contributed by atoms with van der Waals surface area (Å²) in [6.07, 6.45) is 0. The van der Waals surface area contributed by atoms with E-state index in [9.17, 15) is 17.6 Å². The second kappa shape index (κ2) is 12.0. The van der Waals surface area contributed by atoms with E-state index in [1.54, 1.807) is 47.4 Å². The zero-order valence-corrected chi connectivity index (χ0v) is 22.5. The fourth-order valence-corrected chi connectivity index (χ4v) is 4.78. The van der Waals surface area contributed by atoms with Gasteiger partial charge in [-0.25, -0.2) is 17.6 Å². The Labute approximate surface area is 218 Å². The number of amides is 2. The number of sulfonamides is 1. The number of anilines is 2. The summed E-state index contributed by atoms with van der Waals surface area (Å²) in [6.45, 7) is 4.18. The SMILES string of the molecule is COc1ccc(S(=O)(=O)Nc2ccc(N(C)C)c(CN(Cc3ccc(F)cc3)C(=O)NC(C)C)c2)cc1. The van der Waals surface area contributed by atoms with Crippen LogP contribution < -0.4 is 19.7 Å². The van der Waals surface area contributed by atoms with Crippen LogP contribution in [0.4, 0.5) is 20.6 Å². The van der Waals surface area contributed by atoms with Crippen molar-refractivity contribution in [3.05, 3.63) is 83.7 Å². The van der Waals surface area contributed by atoms with Gasteiger partial charge < -0.3 is 19.9 Å². The average molecular weight is 529 g/mol. The largest absolute Gasteiger partial charge is 0.497 e. The zero-order valence-electron chi connectivity index (χ0n) is 21.7. The minimum Gasteiger partial charge on any atom is -0.497 e. The Balaban J connectivity index is 1.92. The third kappa shape index (κ3) is 7.60. The molecule has 0 aliphatic carbocycles. The van der Waals surface area contributed by atoms with Gasteiger partial charge in [-0.1, -0.05) is 12.1 Å². The summed E-state index contributed by atoms with van der Waals surface area (Å²) in [5, 5.41) is 2.90. The average Bonchev–Trinajstić information content (AvgIpc) is 2.84. The lowest BCUT2D eigenvalue weighted by atomic mass is 10.1. The molecule has 0 fully saturated rings. The maximum atomic E-state index is 13.4. The van der Waals surface area contributed by atoms with Crippen molar-refractivity contribution in [2.45, 2.75) is 37.9 Å². The lowest BCUT2D eigenvalue weighted by molar-refractivity contribution is 0.189. The minimum absolute atomic E-state index is 0.0841. The molecule has 0 spiro atoms. The van der Waals surface area contributed by atoms with E-state index in [0.29, 0.717) is 11.4 Å². The number of hydrogen-bond donors (Lipinski definition) is 2. The van der Waals surface area contributed by atoms with Crippen LogP contribution in [0.1, 0.15) is 25.0 Å². The van der Waals surface area contributed by atoms with Crippen LogP contribution in [-0.4, -0.2) is 46.6 Å². The molecular weight excluding hydrogens is 495 g/mol. The molecule has 10 heteroatoms. The highest BCUT2D eigenvalue weighted by molar-refractivity contribution is 7.92. The number of nitrogens with one attached hydrogen (secondary N) is 2. The van der Waals surface area contributed by atoms with Crippen molar-refractivity contribution >= 4 is 27.4 Å². The van der Waals surface area contributed by atoms with E-state index in [0.717, 1.165) is 16.8 Å². The first-order chi connectivity index (χ1) is 17.5. The van der Waals surface area contributed by atoms with E-state index >= 15 is 0 Å². The summed E-state index contributed by atoms with van der Waals surface area (Å²) in [7, 11) is 1.41. The smallest absolute Gasteiger partial charge is 0.318 e. The van der Waals surface area contributed by atoms with Crippen molar-refractivity contribution in [3.63, 3.8) is 0 Å². The van der Waals surface area contributed by atoms with E-state index in [4.69, 9.17) is 4.74 Å². The Morgan fingerprint density at radius 3 is 2.19 bits per heavy atom. The minimum atomic E-state index is -3.85. The Morgan fingerprint density at radius 2 is 1.62 bits per heavy atom. The maximum absolute atomic E-state index is 13.4. The van der Waals surface area contributed by atoms with Crippen LogP contribution in [0.2, 0.25) is 0 Å². The lowest BCUT2D eigenvalue weighted by Crippen LogP contribution is -2.42. The van der Waals surface area contributed by atoms with Crippen LogP contribution >= 0.6 is 0 Å². The van der Waals surface area contributed by atoms with Crippen LogP contribution in [0.3, 0.4) is 0 Å². The van der Waals surface area contributed by atoms with Crippen molar-refractivity contribution in [2.24, 2.45) is 0 Å². The molecule has 0 saturated heterocycles. The van der Waals surface area contributed by atoms with Crippen molar-refractivity contribution in [3.8, 4) is 5.75 Å². The molecule has 3 aromatic carbocycles. The molecule has 3 rings (SSSR count). The first-order valence-electron chi connectivity index (χ1n) is 11.8. The summed E-state index contributed by atoms with van der Waals surface area (Å²) in [5.41, 5.74) is 2.69. The van der Waals surface area contributed by atoms with Gasteiger partial charge in [0, 0.05) is 44.6 Å². The first kappa shape index (κ1) is 27.8. The van der Waals surface area contributed by atoms with Gasteiger partial charge in [0.05, 0.1) is 12.0 Å².